The van der Waals surface area contributed by atoms with Crippen LogP contribution in [0.15, 0.2) is 0 Å². The molecule has 0 amide bonds. The van der Waals surface area contributed by atoms with Crippen molar-refractivity contribution in [3.63, 3.8) is 0 Å². The number of hydrogen-bond acceptors (Lipinski definition) is 6. The summed E-state index contributed by atoms with van der Waals surface area (Å²) < 4.78 is 11.6. The third-order valence-corrected chi connectivity index (χ3v) is 7.27. The molecule has 204 valence electrons. The van der Waals surface area contributed by atoms with Gasteiger partial charge in [0.15, 0.2) is 0 Å². The number of piperidine rings is 1. The average Bonchev–Trinajstić information content (AvgIpc) is 2.74. The second-order valence-electron chi connectivity index (χ2n) is 13.8. The van der Waals surface area contributed by atoms with Crippen molar-refractivity contribution < 1.29 is 19.1 Å². The Morgan fingerprint density at radius 2 is 0.971 bits per heavy atom. The van der Waals surface area contributed by atoms with Crippen molar-refractivity contribution in [2.24, 2.45) is 0 Å². The zero-order valence-corrected chi connectivity index (χ0v) is 24.0. The first kappa shape index (κ1) is 30.1. The van der Waals surface area contributed by atoms with Crippen LogP contribution in [-0.2, 0) is 19.1 Å². The fraction of sp³-hybridized carbons (Fsp3) is 0.931. The molecule has 0 aromatic rings. The molecule has 35 heavy (non-hydrogen) atoms. The Morgan fingerprint density at radius 3 is 1.46 bits per heavy atom. The molecule has 0 aromatic carbocycles. The van der Waals surface area contributed by atoms with E-state index in [1.807, 2.05) is 0 Å². The maximum atomic E-state index is 12.4. The molecule has 0 radical (unpaired) electrons. The van der Waals surface area contributed by atoms with E-state index in [2.05, 4.69) is 66.0 Å². The van der Waals surface area contributed by atoms with E-state index in [9.17, 15) is 9.59 Å². The van der Waals surface area contributed by atoms with E-state index in [1.54, 1.807) is 0 Å². The largest absolute Gasteiger partial charge is 0.462 e. The molecule has 0 spiro atoms. The van der Waals surface area contributed by atoms with Crippen LogP contribution in [0.5, 0.6) is 0 Å². The number of rotatable bonds is 11. The first-order valence-electron chi connectivity index (χ1n) is 14.0. The van der Waals surface area contributed by atoms with Crippen LogP contribution in [0, 0.1) is 0 Å². The van der Waals surface area contributed by atoms with Gasteiger partial charge in [0.2, 0.25) is 0 Å². The Labute approximate surface area is 215 Å². The molecule has 0 bridgehead atoms. The quantitative estimate of drug-likeness (QED) is 0.263. The molecule has 6 nitrogen and oxygen atoms in total. The predicted molar refractivity (Wildman–Crippen MR) is 142 cm³/mol. The van der Waals surface area contributed by atoms with Gasteiger partial charge in [0.05, 0.1) is 0 Å². The molecule has 0 aromatic heterocycles. The first-order valence-corrected chi connectivity index (χ1v) is 14.0. The van der Waals surface area contributed by atoms with Gasteiger partial charge in [-0.2, -0.15) is 0 Å². The van der Waals surface area contributed by atoms with Crippen LogP contribution in [0.2, 0.25) is 0 Å². The fourth-order valence-electron chi connectivity index (χ4n) is 6.37. The van der Waals surface area contributed by atoms with Crippen LogP contribution < -0.4 is 10.6 Å². The topological polar surface area (TPSA) is 76.7 Å². The number of hydrogen-bond donors (Lipinski definition) is 2. The lowest BCUT2D eigenvalue weighted by Crippen LogP contribution is -2.59. The highest BCUT2D eigenvalue weighted by Gasteiger charge is 2.39. The molecule has 2 aliphatic heterocycles. The number of ether oxygens (including phenoxy) is 2. The maximum Gasteiger partial charge on any atom is 0.306 e. The highest BCUT2D eigenvalue weighted by molar-refractivity contribution is 5.69. The zero-order valence-electron chi connectivity index (χ0n) is 24.0. The number of esters is 2. The maximum absolute atomic E-state index is 12.4. The third kappa shape index (κ3) is 12.1. The Morgan fingerprint density at radius 1 is 0.600 bits per heavy atom. The van der Waals surface area contributed by atoms with E-state index >= 15 is 0 Å². The third-order valence-electron chi connectivity index (χ3n) is 7.27. The second-order valence-corrected chi connectivity index (χ2v) is 13.8. The van der Waals surface area contributed by atoms with E-state index in [-0.39, 0.29) is 46.3 Å². The summed E-state index contributed by atoms with van der Waals surface area (Å²) in [5, 5.41) is 7.31. The van der Waals surface area contributed by atoms with Crippen molar-refractivity contribution in [3.05, 3.63) is 0 Å². The summed E-state index contributed by atoms with van der Waals surface area (Å²) in [5.41, 5.74) is 0.0137. The fourth-order valence-corrected chi connectivity index (χ4v) is 6.37. The number of carbonyl (C=O) groups is 2. The average molecular weight is 495 g/mol. The predicted octanol–water partition coefficient (Wildman–Crippen LogP) is 6.20. The van der Waals surface area contributed by atoms with Crippen LogP contribution in [0.4, 0.5) is 0 Å². The van der Waals surface area contributed by atoms with Crippen molar-refractivity contribution in [1.82, 2.24) is 10.6 Å². The van der Waals surface area contributed by atoms with Crippen molar-refractivity contribution in [2.45, 2.75) is 173 Å². The summed E-state index contributed by atoms with van der Waals surface area (Å²) in [6.07, 6.45) is 11.5. The molecule has 2 aliphatic rings. The zero-order chi connectivity index (χ0) is 26.3. The van der Waals surface area contributed by atoms with E-state index in [0.29, 0.717) is 12.8 Å². The minimum atomic E-state index is -0.0634. The summed E-state index contributed by atoms with van der Waals surface area (Å²) in [6.45, 7) is 17.5. The first-order chi connectivity index (χ1) is 16.1. The van der Waals surface area contributed by atoms with Gasteiger partial charge in [-0.15, -0.1) is 0 Å². The lowest BCUT2D eigenvalue weighted by atomic mass is 9.81. The number of nitrogens with one attached hydrogen (secondary N) is 2. The van der Waals surface area contributed by atoms with E-state index in [4.69, 9.17) is 9.47 Å². The van der Waals surface area contributed by atoms with Gasteiger partial charge in [0, 0.05) is 54.3 Å². The van der Waals surface area contributed by atoms with E-state index in [1.165, 1.54) is 0 Å². The molecular formula is C29H54N2O4. The molecule has 2 heterocycles. The van der Waals surface area contributed by atoms with Gasteiger partial charge >= 0.3 is 11.9 Å². The minimum absolute atomic E-state index is 0.000294. The van der Waals surface area contributed by atoms with Crippen LogP contribution in [0.1, 0.15) is 139 Å². The van der Waals surface area contributed by atoms with Gasteiger partial charge in [-0.25, -0.2) is 0 Å². The normalized spacial score (nSPS) is 25.4. The Bertz CT molecular complexity index is 683. The van der Waals surface area contributed by atoms with Gasteiger partial charge < -0.3 is 20.1 Å². The molecule has 1 atom stereocenters. The summed E-state index contributed by atoms with van der Waals surface area (Å²) in [4.78, 5) is 24.7. The van der Waals surface area contributed by atoms with Crippen molar-refractivity contribution in [2.75, 3.05) is 0 Å². The van der Waals surface area contributed by atoms with Gasteiger partial charge in [0.25, 0.3) is 0 Å². The lowest BCUT2D eigenvalue weighted by molar-refractivity contribution is -0.153. The standard InChI is InChI=1S/C29H54N2O4/c1-26(2)18-17-22(19-27(3,4)30-26)34-24(32)15-13-11-9-10-12-14-16-25(33)35-23-20-28(5,6)31-29(7,8)21-23/h22-23,30-31H,9-21H2,1-8H3. The van der Waals surface area contributed by atoms with Gasteiger partial charge in [-0.05, 0) is 81.1 Å². The highest BCUT2D eigenvalue weighted by atomic mass is 16.5. The summed E-state index contributed by atoms with van der Waals surface area (Å²) in [6, 6.07) is 0. The van der Waals surface area contributed by atoms with Crippen LogP contribution in [0.25, 0.3) is 0 Å². The molecule has 2 rings (SSSR count). The van der Waals surface area contributed by atoms with Crippen molar-refractivity contribution in [3.8, 4) is 0 Å². The monoisotopic (exact) mass is 494 g/mol. The highest BCUT2D eigenvalue weighted by Crippen LogP contribution is 2.31. The number of carbonyl (C=O) groups excluding carboxylic acids is 2. The molecular weight excluding hydrogens is 440 g/mol. The van der Waals surface area contributed by atoms with E-state index < -0.39 is 0 Å². The van der Waals surface area contributed by atoms with Crippen molar-refractivity contribution in [1.29, 1.82) is 0 Å². The molecule has 0 saturated carbocycles. The molecule has 2 N–H and O–H groups in total. The summed E-state index contributed by atoms with van der Waals surface area (Å²) in [7, 11) is 0. The second kappa shape index (κ2) is 12.4. The smallest absolute Gasteiger partial charge is 0.306 e. The Hall–Kier alpha value is -1.14. The van der Waals surface area contributed by atoms with E-state index in [0.717, 1.165) is 70.6 Å². The molecule has 6 heteroatoms. The van der Waals surface area contributed by atoms with Gasteiger partial charge in [0.1, 0.15) is 12.2 Å². The molecule has 0 aliphatic carbocycles. The molecule has 2 saturated heterocycles. The summed E-state index contributed by atoms with van der Waals surface area (Å²) in [5.74, 6) is -0.121. The van der Waals surface area contributed by atoms with Gasteiger partial charge in [-0.1, -0.05) is 25.7 Å². The lowest BCUT2D eigenvalue weighted by Gasteiger charge is -2.45. The number of unbranched alkanes of at least 4 members (excludes halogenated alkanes) is 5. The van der Waals surface area contributed by atoms with Gasteiger partial charge in [-0.3, -0.25) is 9.59 Å². The summed E-state index contributed by atoms with van der Waals surface area (Å²) >= 11 is 0. The van der Waals surface area contributed by atoms with Crippen LogP contribution >= 0.6 is 0 Å². The SMILES string of the molecule is CC1(C)CCC(OC(=O)CCCCCCCCC(=O)OC2CC(C)(C)NC(C)(C)C2)CC(C)(C)N1. The Kier molecular flexibility index (Phi) is 10.7. The Balaban J connectivity index is 1.52. The van der Waals surface area contributed by atoms with Crippen molar-refractivity contribution >= 4 is 11.9 Å². The van der Waals surface area contributed by atoms with Crippen LogP contribution in [0.3, 0.4) is 0 Å². The molecule has 1 unspecified atom stereocenters. The van der Waals surface area contributed by atoms with Crippen LogP contribution in [-0.4, -0.2) is 46.3 Å². The molecule has 2 fully saturated rings. The minimum Gasteiger partial charge on any atom is -0.462 e.